The summed E-state index contributed by atoms with van der Waals surface area (Å²) in [6.45, 7) is 13.5. The minimum Gasteiger partial charge on any atom is -0.507 e. The zero-order valence-corrected chi connectivity index (χ0v) is 18.0. The van der Waals surface area contributed by atoms with Gasteiger partial charge in [-0.05, 0) is 41.4 Å². The zero-order chi connectivity index (χ0) is 20.8. The van der Waals surface area contributed by atoms with Crippen molar-refractivity contribution in [3.63, 3.8) is 0 Å². The summed E-state index contributed by atoms with van der Waals surface area (Å²) in [5, 5.41) is 11.1. The first-order chi connectivity index (χ1) is 12.1. The summed E-state index contributed by atoms with van der Waals surface area (Å²) in [5.41, 5.74) is 2.54. The van der Waals surface area contributed by atoms with E-state index in [1.807, 2.05) is 72.7 Å². The molecule has 0 amide bonds. The van der Waals surface area contributed by atoms with Gasteiger partial charge in [0, 0.05) is 11.1 Å². The molecule has 2 rings (SSSR count). The molecule has 0 fully saturated rings. The normalized spacial score (nSPS) is 13.0. The molecular weight excluding hydrogens is 360 g/mol. The maximum absolute atomic E-state index is 12.2. The van der Waals surface area contributed by atoms with Crippen LogP contribution in [0.5, 0.6) is 5.75 Å². The van der Waals surface area contributed by atoms with E-state index in [0.29, 0.717) is 23.1 Å². The highest BCUT2D eigenvalue weighted by molar-refractivity contribution is 7.85. The summed E-state index contributed by atoms with van der Waals surface area (Å²) in [6, 6.07) is 9.21. The highest BCUT2D eigenvalue weighted by Crippen LogP contribution is 2.44. The van der Waals surface area contributed by atoms with E-state index in [2.05, 4.69) is 0 Å². The molecule has 2 aromatic carbocycles. The van der Waals surface area contributed by atoms with Crippen LogP contribution in [0.15, 0.2) is 35.2 Å². The van der Waals surface area contributed by atoms with E-state index in [4.69, 9.17) is 0 Å². The van der Waals surface area contributed by atoms with Gasteiger partial charge >= 0.3 is 0 Å². The molecule has 0 aliphatic carbocycles. The third kappa shape index (κ3) is 4.71. The number of hydrogen-bond acceptors (Lipinski definition) is 3. The molecule has 4 nitrogen and oxygen atoms in total. The molecule has 2 aromatic rings. The lowest BCUT2D eigenvalue weighted by atomic mass is 9.76. The van der Waals surface area contributed by atoms with E-state index in [1.165, 1.54) is 6.07 Å². The van der Waals surface area contributed by atoms with Gasteiger partial charge in [-0.15, -0.1) is 0 Å². The van der Waals surface area contributed by atoms with Crippen molar-refractivity contribution in [1.29, 1.82) is 0 Å². The molecule has 0 aliphatic heterocycles. The van der Waals surface area contributed by atoms with Crippen molar-refractivity contribution in [1.82, 2.24) is 0 Å². The van der Waals surface area contributed by atoms with Crippen molar-refractivity contribution in [2.75, 3.05) is 0 Å². The molecule has 2 N–H and O–H groups in total. The average Bonchev–Trinajstić information content (AvgIpc) is 2.45. The molecule has 0 heterocycles. The van der Waals surface area contributed by atoms with Gasteiger partial charge in [-0.2, -0.15) is 8.42 Å². The first kappa shape index (κ1) is 21.5. The second-order valence-corrected chi connectivity index (χ2v) is 10.7. The third-order valence-electron chi connectivity index (χ3n) is 4.70. The van der Waals surface area contributed by atoms with Crippen LogP contribution in [0.25, 0.3) is 0 Å². The molecule has 0 aromatic heterocycles. The van der Waals surface area contributed by atoms with Crippen molar-refractivity contribution in [3.05, 3.63) is 58.1 Å². The summed E-state index contributed by atoms with van der Waals surface area (Å²) in [6.07, 6.45) is 0.306. The second kappa shape index (κ2) is 6.95. The van der Waals surface area contributed by atoms with Crippen LogP contribution >= 0.6 is 0 Å². The Morgan fingerprint density at radius 1 is 0.926 bits per heavy atom. The predicted octanol–water partition coefficient (Wildman–Crippen LogP) is 5.13. The lowest BCUT2D eigenvalue weighted by Gasteiger charge is -2.31. The van der Waals surface area contributed by atoms with Crippen LogP contribution < -0.4 is 0 Å². The van der Waals surface area contributed by atoms with Gasteiger partial charge in [0.15, 0.2) is 0 Å². The Morgan fingerprint density at radius 3 is 1.85 bits per heavy atom. The highest BCUT2D eigenvalue weighted by atomic mass is 32.2. The number of aromatic hydroxyl groups is 1. The molecule has 0 radical (unpaired) electrons. The van der Waals surface area contributed by atoms with E-state index < -0.39 is 20.9 Å². The maximum atomic E-state index is 12.2. The van der Waals surface area contributed by atoms with Crippen LogP contribution in [0, 0.1) is 6.92 Å². The monoisotopic (exact) mass is 390 g/mol. The van der Waals surface area contributed by atoms with Gasteiger partial charge in [0.2, 0.25) is 0 Å². The van der Waals surface area contributed by atoms with Gasteiger partial charge in [-0.1, -0.05) is 71.4 Å². The molecule has 148 valence electrons. The summed E-state index contributed by atoms with van der Waals surface area (Å²) in [5.74, 6) is 0.101. The minimum atomic E-state index is -4.46. The van der Waals surface area contributed by atoms with Gasteiger partial charge < -0.3 is 5.11 Å². The molecule has 0 atom stereocenters. The van der Waals surface area contributed by atoms with Crippen molar-refractivity contribution < 1.29 is 18.1 Å². The standard InChI is InChI=1S/C22H30O4S/c1-14-8-10-15(11-9-14)12-16-18(27(24,25)26)13-17(21(2,3)4)20(23)19(16)22(5,6)7/h8-11,13,23H,12H2,1-7H3,(H,24,25,26). The van der Waals surface area contributed by atoms with Gasteiger partial charge in [-0.3, -0.25) is 4.55 Å². The molecule has 5 heteroatoms. The van der Waals surface area contributed by atoms with Crippen LogP contribution in [-0.2, 0) is 27.4 Å². The molecule has 0 spiro atoms. The van der Waals surface area contributed by atoms with E-state index in [1.54, 1.807) is 0 Å². The third-order valence-corrected chi connectivity index (χ3v) is 5.62. The lowest BCUT2D eigenvalue weighted by molar-refractivity contribution is 0.418. The summed E-state index contributed by atoms with van der Waals surface area (Å²) in [7, 11) is -4.46. The number of hydrogen-bond donors (Lipinski definition) is 2. The van der Waals surface area contributed by atoms with Crippen molar-refractivity contribution >= 4 is 10.1 Å². The quantitative estimate of drug-likeness (QED) is 0.712. The smallest absolute Gasteiger partial charge is 0.294 e. The van der Waals surface area contributed by atoms with E-state index >= 15 is 0 Å². The second-order valence-electron chi connectivity index (χ2n) is 9.26. The topological polar surface area (TPSA) is 74.6 Å². The molecule has 0 saturated heterocycles. The van der Waals surface area contributed by atoms with Crippen LogP contribution in [0.3, 0.4) is 0 Å². The number of phenols is 1. The summed E-state index contributed by atoms with van der Waals surface area (Å²) in [4.78, 5) is -0.129. The Labute approximate surface area is 163 Å². The molecule has 0 unspecified atom stereocenters. The first-order valence-electron chi connectivity index (χ1n) is 9.05. The predicted molar refractivity (Wildman–Crippen MR) is 109 cm³/mol. The molecule has 0 saturated carbocycles. The van der Waals surface area contributed by atoms with Crippen LogP contribution in [0.1, 0.15) is 69.4 Å². The lowest BCUT2D eigenvalue weighted by Crippen LogP contribution is -2.22. The number of phenolic OH excluding ortho intramolecular Hbond substituents is 1. The van der Waals surface area contributed by atoms with E-state index in [-0.39, 0.29) is 10.6 Å². The first-order valence-corrected chi connectivity index (χ1v) is 10.5. The zero-order valence-electron chi connectivity index (χ0n) is 17.2. The Morgan fingerprint density at radius 2 is 1.44 bits per heavy atom. The Bertz CT molecular complexity index is 942. The minimum absolute atomic E-state index is 0.101. The maximum Gasteiger partial charge on any atom is 0.294 e. The SMILES string of the molecule is Cc1ccc(Cc2c(S(=O)(=O)O)cc(C(C)(C)C)c(O)c2C(C)(C)C)cc1. The fourth-order valence-corrected chi connectivity index (χ4v) is 4.14. The largest absolute Gasteiger partial charge is 0.507 e. The molecule has 0 aliphatic rings. The Balaban J connectivity index is 2.90. The molecular formula is C22H30O4S. The Kier molecular flexibility index (Phi) is 5.52. The number of benzene rings is 2. The van der Waals surface area contributed by atoms with E-state index in [0.717, 1.165) is 11.1 Å². The molecule has 27 heavy (non-hydrogen) atoms. The average molecular weight is 391 g/mol. The van der Waals surface area contributed by atoms with Gasteiger partial charge in [-0.25, -0.2) is 0 Å². The van der Waals surface area contributed by atoms with Crippen molar-refractivity contribution in [2.24, 2.45) is 0 Å². The van der Waals surface area contributed by atoms with E-state index in [9.17, 15) is 18.1 Å². The van der Waals surface area contributed by atoms with Crippen LogP contribution in [0.2, 0.25) is 0 Å². The molecule has 0 bridgehead atoms. The van der Waals surface area contributed by atoms with Crippen LogP contribution in [-0.4, -0.2) is 18.1 Å². The fourth-order valence-electron chi connectivity index (χ4n) is 3.38. The van der Waals surface area contributed by atoms with Gasteiger partial charge in [0.1, 0.15) is 5.75 Å². The number of aryl methyl sites for hydroxylation is 1. The highest BCUT2D eigenvalue weighted by Gasteiger charge is 2.33. The summed E-state index contributed by atoms with van der Waals surface area (Å²) < 4.78 is 34.4. The van der Waals surface area contributed by atoms with Crippen molar-refractivity contribution in [3.8, 4) is 5.75 Å². The van der Waals surface area contributed by atoms with Crippen LogP contribution in [0.4, 0.5) is 0 Å². The summed E-state index contributed by atoms with van der Waals surface area (Å²) >= 11 is 0. The number of rotatable bonds is 3. The fraction of sp³-hybridized carbons (Fsp3) is 0.455. The van der Waals surface area contributed by atoms with Gasteiger partial charge in [0.05, 0.1) is 4.90 Å². The van der Waals surface area contributed by atoms with Crippen molar-refractivity contribution in [2.45, 2.75) is 70.6 Å². The Hall–Kier alpha value is -1.85. The van der Waals surface area contributed by atoms with Gasteiger partial charge in [0.25, 0.3) is 10.1 Å².